The highest BCUT2D eigenvalue weighted by molar-refractivity contribution is 6.00. The van der Waals surface area contributed by atoms with Crippen LogP contribution in [0, 0.1) is 15.9 Å². The first-order valence-electron chi connectivity index (χ1n) is 10.8. The van der Waals surface area contributed by atoms with E-state index >= 15 is 0 Å². The minimum Gasteiger partial charge on any atom is -0.452 e. The van der Waals surface area contributed by atoms with Crippen LogP contribution in [-0.4, -0.2) is 48.9 Å². The number of nitro groups is 1. The van der Waals surface area contributed by atoms with Gasteiger partial charge in [-0.3, -0.25) is 19.7 Å². The smallest absolute Gasteiger partial charge is 0.341 e. The number of nitrogens with two attached hydrogens (primary N) is 1. The zero-order valence-electron chi connectivity index (χ0n) is 18.4. The number of non-ortho nitro benzene ring substituents is 1. The second kappa shape index (κ2) is 11.2. The number of carbonyl (C=O) groups is 3. The highest BCUT2D eigenvalue weighted by Crippen LogP contribution is 2.28. The van der Waals surface area contributed by atoms with Crippen LogP contribution in [0.4, 0.5) is 21.5 Å². The second-order valence-electron chi connectivity index (χ2n) is 7.82. The normalized spacial score (nSPS) is 13.3. The summed E-state index contributed by atoms with van der Waals surface area (Å²) in [5.74, 6) is -2.69. The van der Waals surface area contributed by atoms with Crippen molar-refractivity contribution < 1.29 is 28.4 Å². The van der Waals surface area contributed by atoms with Gasteiger partial charge in [0.25, 0.3) is 11.6 Å². The molecule has 1 aliphatic heterocycles. The van der Waals surface area contributed by atoms with Crippen LogP contribution >= 0.6 is 0 Å². The summed E-state index contributed by atoms with van der Waals surface area (Å²) >= 11 is 0. The van der Waals surface area contributed by atoms with Gasteiger partial charge in [-0.25, -0.2) is 9.18 Å². The molecule has 2 aromatic carbocycles. The van der Waals surface area contributed by atoms with Crippen molar-refractivity contribution in [3.8, 4) is 0 Å². The number of halogens is 1. The van der Waals surface area contributed by atoms with Gasteiger partial charge in [0.2, 0.25) is 5.91 Å². The molecule has 3 rings (SSSR count). The SMILES string of the molecule is NC(=O)CCN(C(=O)COC(=O)c1cc([N+](=O)[O-])ccc1N1CCCCC1)c1ccc(F)cc1. The summed E-state index contributed by atoms with van der Waals surface area (Å²) in [5, 5.41) is 11.2. The summed E-state index contributed by atoms with van der Waals surface area (Å²) in [5.41, 5.74) is 5.72. The number of amides is 2. The number of nitrogens with zero attached hydrogens (tertiary/aromatic N) is 3. The number of esters is 1. The van der Waals surface area contributed by atoms with Gasteiger partial charge in [-0.05, 0) is 49.6 Å². The number of benzene rings is 2. The maximum Gasteiger partial charge on any atom is 0.341 e. The molecule has 10 nitrogen and oxygen atoms in total. The topological polar surface area (TPSA) is 136 Å². The predicted octanol–water partition coefficient (Wildman–Crippen LogP) is 2.79. The summed E-state index contributed by atoms with van der Waals surface area (Å²) in [6.07, 6.45) is 2.76. The summed E-state index contributed by atoms with van der Waals surface area (Å²) in [7, 11) is 0. The molecule has 0 aromatic heterocycles. The minimum atomic E-state index is -0.883. The fourth-order valence-corrected chi connectivity index (χ4v) is 3.74. The number of carbonyl (C=O) groups excluding carboxylic acids is 3. The van der Waals surface area contributed by atoms with Crippen LogP contribution in [0.1, 0.15) is 36.0 Å². The first-order chi connectivity index (χ1) is 16.3. The Labute approximate surface area is 195 Å². The van der Waals surface area contributed by atoms with E-state index in [0.29, 0.717) is 24.5 Å². The van der Waals surface area contributed by atoms with E-state index in [-0.39, 0.29) is 24.2 Å². The van der Waals surface area contributed by atoms with E-state index in [1.165, 1.54) is 24.3 Å². The molecule has 1 fully saturated rings. The van der Waals surface area contributed by atoms with Crippen molar-refractivity contribution in [3.05, 3.63) is 64.0 Å². The van der Waals surface area contributed by atoms with Crippen LogP contribution in [0.5, 0.6) is 0 Å². The van der Waals surface area contributed by atoms with Crippen LogP contribution in [0.25, 0.3) is 0 Å². The summed E-state index contributed by atoms with van der Waals surface area (Å²) in [6, 6.07) is 8.99. The molecule has 2 N–H and O–H groups in total. The summed E-state index contributed by atoms with van der Waals surface area (Å²) < 4.78 is 18.5. The second-order valence-corrected chi connectivity index (χ2v) is 7.82. The average Bonchev–Trinajstić information content (AvgIpc) is 2.83. The highest BCUT2D eigenvalue weighted by atomic mass is 19.1. The Bertz CT molecular complexity index is 1070. The van der Waals surface area contributed by atoms with Crippen LogP contribution in [0.3, 0.4) is 0 Å². The molecular weight excluding hydrogens is 447 g/mol. The zero-order chi connectivity index (χ0) is 24.7. The third-order valence-corrected chi connectivity index (χ3v) is 5.46. The number of ether oxygens (including phenoxy) is 1. The van der Waals surface area contributed by atoms with E-state index in [0.717, 1.165) is 42.4 Å². The van der Waals surface area contributed by atoms with Gasteiger partial charge in [-0.2, -0.15) is 0 Å². The van der Waals surface area contributed by atoms with Gasteiger partial charge in [0, 0.05) is 43.9 Å². The van der Waals surface area contributed by atoms with Gasteiger partial charge in [-0.1, -0.05) is 0 Å². The molecule has 0 aliphatic carbocycles. The number of nitro benzene ring substituents is 1. The predicted molar refractivity (Wildman–Crippen MR) is 122 cm³/mol. The first kappa shape index (κ1) is 24.6. The van der Waals surface area contributed by atoms with Gasteiger partial charge >= 0.3 is 5.97 Å². The minimum absolute atomic E-state index is 0.00521. The Kier molecular flexibility index (Phi) is 8.12. The number of hydrogen-bond acceptors (Lipinski definition) is 7. The summed E-state index contributed by atoms with van der Waals surface area (Å²) in [4.78, 5) is 50.7. The van der Waals surface area contributed by atoms with E-state index in [1.54, 1.807) is 0 Å². The van der Waals surface area contributed by atoms with Crippen LogP contribution < -0.4 is 15.5 Å². The Morgan fingerprint density at radius 2 is 1.76 bits per heavy atom. The molecule has 180 valence electrons. The molecule has 1 aliphatic rings. The molecular formula is C23H25FN4O6. The van der Waals surface area contributed by atoms with Crippen LogP contribution in [0.2, 0.25) is 0 Å². The Morgan fingerprint density at radius 1 is 1.09 bits per heavy atom. The maximum atomic E-state index is 13.3. The number of hydrogen-bond donors (Lipinski definition) is 1. The molecule has 2 amide bonds. The van der Waals surface area contributed by atoms with E-state index in [4.69, 9.17) is 10.5 Å². The van der Waals surface area contributed by atoms with E-state index in [2.05, 4.69) is 0 Å². The average molecular weight is 472 g/mol. The molecule has 0 saturated carbocycles. The standard InChI is InChI=1S/C23H25FN4O6/c24-16-4-6-17(7-5-16)27(13-10-21(25)29)22(30)15-34-23(31)19-14-18(28(32)33)8-9-20(19)26-11-2-1-3-12-26/h4-9,14H,1-3,10-13,15H2,(H2,25,29). The quantitative estimate of drug-likeness (QED) is 0.337. The maximum absolute atomic E-state index is 13.3. The molecule has 0 bridgehead atoms. The first-order valence-corrected chi connectivity index (χ1v) is 10.8. The van der Waals surface area contributed by atoms with Crippen molar-refractivity contribution >= 4 is 34.8 Å². The van der Waals surface area contributed by atoms with Crippen molar-refractivity contribution in [2.24, 2.45) is 5.73 Å². The highest BCUT2D eigenvalue weighted by Gasteiger charge is 2.25. The van der Waals surface area contributed by atoms with Gasteiger partial charge < -0.3 is 20.3 Å². The van der Waals surface area contributed by atoms with Crippen molar-refractivity contribution in [2.45, 2.75) is 25.7 Å². The number of piperidine rings is 1. The molecule has 2 aromatic rings. The van der Waals surface area contributed by atoms with Crippen LogP contribution in [-0.2, 0) is 14.3 Å². The third kappa shape index (κ3) is 6.27. The van der Waals surface area contributed by atoms with Gasteiger partial charge in [0.1, 0.15) is 5.82 Å². The monoisotopic (exact) mass is 472 g/mol. The molecule has 0 atom stereocenters. The van der Waals surface area contributed by atoms with Crippen LogP contribution in [0.15, 0.2) is 42.5 Å². The van der Waals surface area contributed by atoms with Crippen molar-refractivity contribution in [1.82, 2.24) is 0 Å². The Hall–Kier alpha value is -4.02. The lowest BCUT2D eigenvalue weighted by Gasteiger charge is -2.30. The van der Waals surface area contributed by atoms with Crippen molar-refractivity contribution in [1.29, 1.82) is 0 Å². The van der Waals surface area contributed by atoms with Gasteiger partial charge in [-0.15, -0.1) is 0 Å². The molecule has 1 heterocycles. The largest absolute Gasteiger partial charge is 0.452 e. The lowest BCUT2D eigenvalue weighted by Crippen LogP contribution is -2.37. The zero-order valence-corrected chi connectivity index (χ0v) is 18.4. The van der Waals surface area contributed by atoms with Crippen molar-refractivity contribution in [3.63, 3.8) is 0 Å². The van der Waals surface area contributed by atoms with E-state index in [9.17, 15) is 28.9 Å². The lowest BCUT2D eigenvalue weighted by atomic mass is 10.1. The number of anilines is 2. The Balaban J connectivity index is 1.78. The van der Waals surface area contributed by atoms with Gasteiger partial charge in [0.05, 0.1) is 16.2 Å². The molecule has 0 spiro atoms. The number of rotatable bonds is 9. The summed E-state index contributed by atoms with van der Waals surface area (Å²) in [6.45, 7) is 0.620. The fraction of sp³-hybridized carbons (Fsp3) is 0.348. The number of primary amides is 1. The van der Waals surface area contributed by atoms with Gasteiger partial charge in [0.15, 0.2) is 6.61 Å². The molecule has 0 unspecified atom stereocenters. The third-order valence-electron chi connectivity index (χ3n) is 5.46. The molecule has 11 heteroatoms. The fourth-order valence-electron chi connectivity index (χ4n) is 3.74. The van der Waals surface area contributed by atoms with E-state index < -0.39 is 35.1 Å². The lowest BCUT2D eigenvalue weighted by molar-refractivity contribution is -0.384. The Morgan fingerprint density at radius 3 is 2.38 bits per heavy atom. The molecule has 1 saturated heterocycles. The molecule has 34 heavy (non-hydrogen) atoms. The molecule has 0 radical (unpaired) electrons. The van der Waals surface area contributed by atoms with E-state index in [1.807, 2.05) is 4.90 Å². The van der Waals surface area contributed by atoms with Crippen molar-refractivity contribution in [2.75, 3.05) is 36.0 Å².